The van der Waals surface area contributed by atoms with Gasteiger partial charge in [-0.1, -0.05) is 0 Å². The van der Waals surface area contributed by atoms with Gasteiger partial charge in [0.25, 0.3) is 11.8 Å². The van der Waals surface area contributed by atoms with Gasteiger partial charge in [0.1, 0.15) is 6.29 Å². The zero-order valence-electron chi connectivity index (χ0n) is 20.9. The van der Waals surface area contributed by atoms with E-state index >= 15 is 0 Å². The van der Waals surface area contributed by atoms with Crippen LogP contribution in [-0.4, -0.2) is 70.1 Å². The van der Waals surface area contributed by atoms with Gasteiger partial charge < -0.3 is 42.6 Å². The summed E-state index contributed by atoms with van der Waals surface area (Å²) in [6.45, 7) is 0.101. The number of amides is 4. The van der Waals surface area contributed by atoms with Crippen molar-refractivity contribution in [3.8, 4) is 0 Å². The number of primary amides is 1. The Hall–Kier alpha value is -5.08. The monoisotopic (exact) mass is 542 g/mol. The number of nitrogens with two attached hydrogens (primary N) is 2. The number of carbonyl (C=O) groups is 6. The summed E-state index contributed by atoms with van der Waals surface area (Å²) < 4.78 is 0. The smallest absolute Gasteiger partial charge is 0.303 e. The zero-order chi connectivity index (χ0) is 28.8. The second kappa shape index (κ2) is 15.2. The van der Waals surface area contributed by atoms with Crippen molar-refractivity contribution in [3.63, 3.8) is 0 Å². The van der Waals surface area contributed by atoms with E-state index in [2.05, 4.69) is 31.2 Å². The molecule has 15 nitrogen and oxygen atoms in total. The molecular weight excluding hydrogens is 512 g/mol. The highest BCUT2D eigenvalue weighted by atomic mass is 16.4. The van der Waals surface area contributed by atoms with Crippen molar-refractivity contribution >= 4 is 47.4 Å². The van der Waals surface area contributed by atoms with E-state index in [1.807, 2.05) is 0 Å². The van der Waals surface area contributed by atoms with Crippen LogP contribution in [0, 0.1) is 0 Å². The SMILES string of the molecule is NC(=O)c1nc(CNc2ccc(C(=O)NCCCC(=O)NCC(=O)NC(C=O)CCC(=O)O)cc2)cnc1N. The molecule has 1 aromatic carbocycles. The molecule has 1 atom stereocenters. The lowest BCUT2D eigenvalue weighted by molar-refractivity contribution is -0.137. The highest BCUT2D eigenvalue weighted by Gasteiger charge is 2.14. The number of nitrogens with one attached hydrogen (secondary N) is 4. The van der Waals surface area contributed by atoms with Gasteiger partial charge in [-0.05, 0) is 37.1 Å². The summed E-state index contributed by atoms with van der Waals surface area (Å²) in [5.74, 6) is -3.29. The second-order valence-corrected chi connectivity index (χ2v) is 8.27. The summed E-state index contributed by atoms with van der Waals surface area (Å²) in [6.07, 6.45) is 1.91. The first kappa shape index (κ1) is 30.1. The Balaban J connectivity index is 1.67. The average Bonchev–Trinajstić information content (AvgIpc) is 2.91. The molecule has 0 aliphatic heterocycles. The van der Waals surface area contributed by atoms with E-state index < -0.39 is 29.7 Å². The van der Waals surface area contributed by atoms with Crippen molar-refractivity contribution in [2.75, 3.05) is 24.1 Å². The Kier molecular flexibility index (Phi) is 11.8. The van der Waals surface area contributed by atoms with Gasteiger partial charge in [-0.15, -0.1) is 0 Å². The lowest BCUT2D eigenvalue weighted by atomic mass is 10.2. The maximum atomic E-state index is 12.3. The molecule has 1 heterocycles. The summed E-state index contributed by atoms with van der Waals surface area (Å²) in [6, 6.07) is 5.64. The van der Waals surface area contributed by atoms with Gasteiger partial charge in [0.2, 0.25) is 11.8 Å². The first-order valence-corrected chi connectivity index (χ1v) is 11.9. The molecule has 0 spiro atoms. The molecule has 9 N–H and O–H groups in total. The average molecular weight is 543 g/mol. The van der Waals surface area contributed by atoms with Crippen LogP contribution in [0.3, 0.4) is 0 Å². The minimum Gasteiger partial charge on any atom is -0.481 e. The maximum Gasteiger partial charge on any atom is 0.303 e. The Bertz CT molecular complexity index is 1200. The fourth-order valence-electron chi connectivity index (χ4n) is 3.16. The number of anilines is 2. The molecule has 15 heteroatoms. The van der Waals surface area contributed by atoms with Crippen LogP contribution in [0.5, 0.6) is 0 Å². The standard InChI is InChI=1S/C24H30N8O7/c25-22-21(23(26)38)32-17(11-30-22)10-28-15-5-3-14(4-6-15)24(39)27-9-1-2-18(34)29-12-19(35)31-16(13-33)7-8-20(36)37/h3-6,11,13,16,28H,1-2,7-10,12H2,(H2,25,30)(H2,26,38)(H,27,39)(H,29,34)(H,31,35)(H,36,37). The molecule has 0 aliphatic carbocycles. The molecule has 208 valence electrons. The van der Waals surface area contributed by atoms with Crippen LogP contribution >= 0.6 is 0 Å². The first-order chi connectivity index (χ1) is 18.6. The Morgan fingerprint density at radius 2 is 1.74 bits per heavy atom. The van der Waals surface area contributed by atoms with Crippen LogP contribution < -0.4 is 32.7 Å². The van der Waals surface area contributed by atoms with Gasteiger partial charge in [-0.3, -0.25) is 24.0 Å². The van der Waals surface area contributed by atoms with Crippen LogP contribution in [0.2, 0.25) is 0 Å². The van der Waals surface area contributed by atoms with Gasteiger partial charge in [-0.2, -0.15) is 0 Å². The largest absolute Gasteiger partial charge is 0.481 e. The topological polar surface area (TPSA) is 249 Å². The molecule has 0 saturated carbocycles. The van der Waals surface area contributed by atoms with E-state index in [4.69, 9.17) is 16.6 Å². The van der Waals surface area contributed by atoms with Crippen LogP contribution in [-0.2, 0) is 25.7 Å². The van der Waals surface area contributed by atoms with E-state index in [1.165, 1.54) is 6.20 Å². The Labute approximate surface area is 223 Å². The number of carbonyl (C=O) groups excluding carboxylic acids is 5. The summed E-state index contributed by atoms with van der Waals surface area (Å²) in [5.41, 5.74) is 12.2. The molecule has 1 unspecified atom stereocenters. The van der Waals surface area contributed by atoms with Crippen LogP contribution in [0.15, 0.2) is 30.5 Å². The number of rotatable bonds is 16. The predicted molar refractivity (Wildman–Crippen MR) is 138 cm³/mol. The summed E-state index contributed by atoms with van der Waals surface area (Å²) in [7, 11) is 0. The van der Waals surface area contributed by atoms with Crippen molar-refractivity contribution in [1.82, 2.24) is 25.9 Å². The van der Waals surface area contributed by atoms with Crippen LogP contribution in [0.1, 0.15) is 52.2 Å². The van der Waals surface area contributed by atoms with Crippen LogP contribution in [0.25, 0.3) is 0 Å². The number of nitrogens with zero attached hydrogens (tertiary/aromatic N) is 2. The Morgan fingerprint density at radius 1 is 1.03 bits per heavy atom. The van der Waals surface area contributed by atoms with Crippen molar-refractivity contribution in [1.29, 1.82) is 0 Å². The molecular formula is C24H30N8O7. The molecule has 0 radical (unpaired) electrons. The second-order valence-electron chi connectivity index (χ2n) is 8.27. The van der Waals surface area contributed by atoms with Crippen LogP contribution in [0.4, 0.5) is 11.5 Å². The summed E-state index contributed by atoms with van der Waals surface area (Å²) in [5, 5.41) is 19.1. The number of hydrogen-bond donors (Lipinski definition) is 7. The van der Waals surface area contributed by atoms with Crippen molar-refractivity contribution < 1.29 is 33.9 Å². The lowest BCUT2D eigenvalue weighted by Gasteiger charge is -2.12. The summed E-state index contributed by atoms with van der Waals surface area (Å²) in [4.78, 5) is 76.8. The van der Waals surface area contributed by atoms with E-state index in [0.717, 1.165) is 0 Å². The third-order valence-electron chi connectivity index (χ3n) is 5.20. The lowest BCUT2D eigenvalue weighted by Crippen LogP contribution is -2.43. The van der Waals surface area contributed by atoms with E-state index in [-0.39, 0.29) is 56.3 Å². The number of benzene rings is 1. The van der Waals surface area contributed by atoms with Crippen molar-refractivity contribution in [3.05, 3.63) is 47.4 Å². The van der Waals surface area contributed by atoms with E-state index in [1.54, 1.807) is 24.3 Å². The number of hydrogen-bond acceptors (Lipinski definition) is 10. The molecule has 0 saturated heterocycles. The number of aldehydes is 1. The normalized spacial score (nSPS) is 11.1. The summed E-state index contributed by atoms with van der Waals surface area (Å²) >= 11 is 0. The number of nitrogen functional groups attached to an aromatic ring is 1. The predicted octanol–water partition coefficient (Wildman–Crippen LogP) is -1.06. The third kappa shape index (κ3) is 10.8. The molecule has 2 rings (SSSR count). The molecule has 0 fully saturated rings. The quantitative estimate of drug-likeness (QED) is 0.0994. The Morgan fingerprint density at radius 3 is 2.38 bits per heavy atom. The molecule has 0 bridgehead atoms. The number of carboxylic acids is 1. The third-order valence-corrected chi connectivity index (χ3v) is 5.20. The highest BCUT2D eigenvalue weighted by molar-refractivity contribution is 5.95. The fraction of sp³-hybridized carbons (Fsp3) is 0.333. The first-order valence-electron chi connectivity index (χ1n) is 11.9. The van der Waals surface area contributed by atoms with Gasteiger partial charge in [0, 0.05) is 30.6 Å². The minimum atomic E-state index is -1.09. The van der Waals surface area contributed by atoms with Gasteiger partial charge in [-0.25, -0.2) is 9.97 Å². The fourth-order valence-corrected chi connectivity index (χ4v) is 3.16. The van der Waals surface area contributed by atoms with Gasteiger partial charge >= 0.3 is 5.97 Å². The zero-order valence-corrected chi connectivity index (χ0v) is 20.9. The molecule has 1 aromatic heterocycles. The van der Waals surface area contributed by atoms with Gasteiger partial charge in [0.15, 0.2) is 11.5 Å². The number of aromatic nitrogens is 2. The van der Waals surface area contributed by atoms with Crippen molar-refractivity contribution in [2.45, 2.75) is 38.3 Å². The number of carboxylic acid groups (broad SMARTS) is 1. The minimum absolute atomic E-state index is 0.0462. The van der Waals surface area contributed by atoms with E-state index in [9.17, 15) is 28.8 Å². The van der Waals surface area contributed by atoms with Crippen molar-refractivity contribution in [2.24, 2.45) is 5.73 Å². The molecule has 2 aromatic rings. The van der Waals surface area contributed by atoms with E-state index in [0.29, 0.717) is 29.7 Å². The molecule has 4 amide bonds. The molecule has 39 heavy (non-hydrogen) atoms. The number of aliphatic carboxylic acids is 1. The maximum absolute atomic E-state index is 12.3. The molecule has 0 aliphatic rings. The van der Waals surface area contributed by atoms with Gasteiger partial charge in [0.05, 0.1) is 31.0 Å². The highest BCUT2D eigenvalue weighted by Crippen LogP contribution is 2.12.